The summed E-state index contributed by atoms with van der Waals surface area (Å²) >= 11 is 6.01. The van der Waals surface area contributed by atoms with Gasteiger partial charge in [-0.1, -0.05) is 23.7 Å². The van der Waals surface area contributed by atoms with E-state index < -0.39 is 0 Å². The van der Waals surface area contributed by atoms with Crippen molar-refractivity contribution < 1.29 is 4.79 Å². The largest absolute Gasteiger partial charge is 0.339 e. The predicted octanol–water partition coefficient (Wildman–Crippen LogP) is 3.67. The van der Waals surface area contributed by atoms with Gasteiger partial charge in [-0.2, -0.15) is 0 Å². The minimum atomic E-state index is 0. The number of nitrogens with one attached hydrogen (secondary N) is 1. The minimum Gasteiger partial charge on any atom is -0.339 e. The number of amides is 1. The average molecular weight is 331 g/mol. The van der Waals surface area contributed by atoms with Crippen molar-refractivity contribution in [3.8, 4) is 0 Å². The van der Waals surface area contributed by atoms with Crippen LogP contribution in [0.3, 0.4) is 0 Å². The Bertz CT molecular complexity index is 461. The van der Waals surface area contributed by atoms with Crippen molar-refractivity contribution in [3.63, 3.8) is 0 Å². The van der Waals surface area contributed by atoms with E-state index in [1.165, 1.54) is 6.42 Å². The molecule has 118 valence electrons. The lowest BCUT2D eigenvalue weighted by molar-refractivity contribution is -0.132. The van der Waals surface area contributed by atoms with Crippen LogP contribution in [0, 0.1) is 5.92 Å². The van der Waals surface area contributed by atoms with Gasteiger partial charge in [-0.3, -0.25) is 4.79 Å². The van der Waals surface area contributed by atoms with Gasteiger partial charge < -0.3 is 10.2 Å². The maximum atomic E-state index is 12.3. The fourth-order valence-electron chi connectivity index (χ4n) is 2.67. The molecule has 1 aromatic rings. The molecule has 1 saturated heterocycles. The topological polar surface area (TPSA) is 32.3 Å². The first-order chi connectivity index (χ1) is 9.58. The molecule has 2 atom stereocenters. The van der Waals surface area contributed by atoms with Crippen molar-refractivity contribution in [2.24, 2.45) is 5.92 Å². The van der Waals surface area contributed by atoms with Crippen molar-refractivity contribution >= 4 is 29.9 Å². The van der Waals surface area contributed by atoms with Gasteiger partial charge >= 0.3 is 0 Å². The zero-order valence-corrected chi connectivity index (χ0v) is 14.2. The molecule has 2 unspecified atom stereocenters. The van der Waals surface area contributed by atoms with Crippen LogP contribution < -0.4 is 5.32 Å². The Morgan fingerprint density at radius 3 is 2.90 bits per heavy atom. The van der Waals surface area contributed by atoms with E-state index in [4.69, 9.17) is 11.6 Å². The van der Waals surface area contributed by atoms with Gasteiger partial charge in [0, 0.05) is 18.5 Å². The molecule has 1 fully saturated rings. The van der Waals surface area contributed by atoms with Crippen molar-refractivity contribution in [2.75, 3.05) is 20.1 Å². The predicted molar refractivity (Wildman–Crippen MR) is 90.1 cm³/mol. The highest BCUT2D eigenvalue weighted by molar-refractivity contribution is 6.30. The third-order valence-electron chi connectivity index (χ3n) is 4.23. The first kappa shape index (κ1) is 18.3. The number of carbonyl (C=O) groups is 1. The van der Waals surface area contributed by atoms with E-state index in [-0.39, 0.29) is 24.4 Å². The van der Waals surface area contributed by atoms with Gasteiger partial charge in [0.2, 0.25) is 5.91 Å². The van der Waals surface area contributed by atoms with Gasteiger partial charge in [0.25, 0.3) is 0 Å². The van der Waals surface area contributed by atoms with E-state index in [1.807, 2.05) is 43.1 Å². The molecular formula is C16H24Cl2N2O. The molecule has 0 bridgehead atoms. The molecular weight excluding hydrogens is 307 g/mol. The summed E-state index contributed by atoms with van der Waals surface area (Å²) in [4.78, 5) is 14.1. The van der Waals surface area contributed by atoms with Gasteiger partial charge in [-0.05, 0) is 56.5 Å². The summed E-state index contributed by atoms with van der Waals surface area (Å²) in [6, 6.07) is 7.78. The molecule has 0 aliphatic carbocycles. The minimum absolute atomic E-state index is 0. The van der Waals surface area contributed by atoms with Crippen LogP contribution in [0.15, 0.2) is 24.3 Å². The zero-order chi connectivity index (χ0) is 14.5. The second-order valence-electron chi connectivity index (χ2n) is 5.63. The molecule has 1 aliphatic rings. The summed E-state index contributed by atoms with van der Waals surface area (Å²) in [6.45, 7) is 4.19. The molecule has 0 spiro atoms. The number of hydrogen-bond acceptors (Lipinski definition) is 2. The van der Waals surface area contributed by atoms with Crippen LogP contribution in [0.4, 0.5) is 0 Å². The summed E-state index contributed by atoms with van der Waals surface area (Å²) in [5, 5.41) is 4.06. The van der Waals surface area contributed by atoms with E-state index in [1.54, 1.807) is 0 Å². The lowest BCUT2D eigenvalue weighted by Gasteiger charge is -2.26. The van der Waals surface area contributed by atoms with Gasteiger partial charge in [0.15, 0.2) is 0 Å². The molecule has 1 N–H and O–H groups in total. The Labute approximate surface area is 138 Å². The fourth-order valence-corrected chi connectivity index (χ4v) is 2.87. The molecule has 1 heterocycles. The second kappa shape index (κ2) is 8.62. The molecule has 21 heavy (non-hydrogen) atoms. The van der Waals surface area contributed by atoms with Crippen LogP contribution in [0.25, 0.3) is 0 Å². The summed E-state index contributed by atoms with van der Waals surface area (Å²) in [7, 11) is 1.88. The SMILES string of the molecule is CC(c1cccc(Cl)c1)N(C)C(=O)CCC1CCNC1.Cl. The first-order valence-corrected chi connectivity index (χ1v) is 7.67. The number of halogens is 2. The highest BCUT2D eigenvalue weighted by Crippen LogP contribution is 2.23. The average Bonchev–Trinajstić information content (AvgIpc) is 2.96. The van der Waals surface area contributed by atoms with Crippen LogP contribution in [0.5, 0.6) is 0 Å². The molecule has 0 aromatic heterocycles. The standard InChI is InChI=1S/C16H23ClN2O.ClH/c1-12(14-4-3-5-15(17)10-14)19(2)16(20)7-6-13-8-9-18-11-13;/h3-5,10,12-13,18H,6-9,11H2,1-2H3;1H. The molecule has 0 saturated carbocycles. The summed E-state index contributed by atoms with van der Waals surface area (Å²) in [5.41, 5.74) is 1.08. The Morgan fingerprint density at radius 2 is 2.29 bits per heavy atom. The Balaban J connectivity index is 0.00000220. The smallest absolute Gasteiger partial charge is 0.222 e. The fraction of sp³-hybridized carbons (Fsp3) is 0.562. The highest BCUT2D eigenvalue weighted by atomic mass is 35.5. The first-order valence-electron chi connectivity index (χ1n) is 7.29. The molecule has 2 rings (SSSR count). The van der Waals surface area contributed by atoms with Gasteiger partial charge in [-0.25, -0.2) is 0 Å². The maximum absolute atomic E-state index is 12.3. The van der Waals surface area contributed by atoms with Gasteiger partial charge in [0.1, 0.15) is 0 Å². The normalized spacial score (nSPS) is 18.9. The number of rotatable bonds is 5. The van der Waals surface area contributed by atoms with Crippen LogP contribution in [0.2, 0.25) is 5.02 Å². The number of carbonyl (C=O) groups excluding carboxylic acids is 1. The highest BCUT2D eigenvalue weighted by Gasteiger charge is 2.20. The van der Waals surface area contributed by atoms with Crippen LogP contribution in [-0.2, 0) is 4.79 Å². The molecule has 0 radical (unpaired) electrons. The number of benzene rings is 1. The van der Waals surface area contributed by atoms with Crippen LogP contribution >= 0.6 is 24.0 Å². The molecule has 1 amide bonds. The van der Waals surface area contributed by atoms with Crippen molar-refractivity contribution in [2.45, 2.75) is 32.2 Å². The van der Waals surface area contributed by atoms with E-state index in [9.17, 15) is 4.79 Å². The second-order valence-corrected chi connectivity index (χ2v) is 6.07. The van der Waals surface area contributed by atoms with E-state index in [2.05, 4.69) is 5.32 Å². The molecule has 5 heteroatoms. The summed E-state index contributed by atoms with van der Waals surface area (Å²) in [5.74, 6) is 0.873. The van der Waals surface area contributed by atoms with Crippen LogP contribution in [0.1, 0.15) is 37.8 Å². The quantitative estimate of drug-likeness (QED) is 0.893. The number of nitrogens with zero attached hydrogens (tertiary/aromatic N) is 1. The van der Waals surface area contributed by atoms with Gasteiger partial charge in [-0.15, -0.1) is 12.4 Å². The molecule has 1 aliphatic heterocycles. The van der Waals surface area contributed by atoms with Crippen molar-refractivity contribution in [1.29, 1.82) is 0 Å². The number of hydrogen-bond donors (Lipinski definition) is 1. The van der Waals surface area contributed by atoms with Crippen molar-refractivity contribution in [3.05, 3.63) is 34.9 Å². The Morgan fingerprint density at radius 1 is 1.52 bits per heavy atom. The maximum Gasteiger partial charge on any atom is 0.222 e. The molecule has 1 aromatic carbocycles. The van der Waals surface area contributed by atoms with E-state index >= 15 is 0 Å². The van der Waals surface area contributed by atoms with E-state index in [0.29, 0.717) is 17.4 Å². The summed E-state index contributed by atoms with van der Waals surface area (Å²) in [6.07, 6.45) is 2.81. The lowest BCUT2D eigenvalue weighted by Crippen LogP contribution is -2.30. The summed E-state index contributed by atoms with van der Waals surface area (Å²) < 4.78 is 0. The zero-order valence-electron chi connectivity index (χ0n) is 12.6. The third kappa shape index (κ3) is 5.17. The Kier molecular flexibility index (Phi) is 7.50. The van der Waals surface area contributed by atoms with E-state index in [0.717, 1.165) is 25.1 Å². The van der Waals surface area contributed by atoms with Crippen molar-refractivity contribution in [1.82, 2.24) is 10.2 Å². The van der Waals surface area contributed by atoms with Gasteiger partial charge in [0.05, 0.1) is 6.04 Å². The molecule has 3 nitrogen and oxygen atoms in total. The monoisotopic (exact) mass is 330 g/mol. The van der Waals surface area contributed by atoms with Crippen LogP contribution in [-0.4, -0.2) is 30.9 Å². The Hall–Kier alpha value is -0.770. The lowest BCUT2D eigenvalue weighted by atomic mass is 10.0. The third-order valence-corrected chi connectivity index (χ3v) is 4.47.